The third-order valence-corrected chi connectivity index (χ3v) is 4.98. The predicted molar refractivity (Wildman–Crippen MR) is 115 cm³/mol. The molecule has 0 saturated carbocycles. The molecule has 178 valence electrons. The molecule has 0 aliphatic carbocycles. The van der Waals surface area contributed by atoms with Crippen molar-refractivity contribution in [3.63, 3.8) is 0 Å². The van der Waals surface area contributed by atoms with Crippen LogP contribution in [-0.2, 0) is 27.5 Å². The Kier molecular flexibility index (Phi) is 7.76. The van der Waals surface area contributed by atoms with Crippen molar-refractivity contribution in [2.24, 2.45) is 0 Å². The highest BCUT2D eigenvalue weighted by Crippen LogP contribution is 2.27. The van der Waals surface area contributed by atoms with Crippen molar-refractivity contribution in [2.45, 2.75) is 26.5 Å². The lowest BCUT2D eigenvalue weighted by atomic mass is 10.1. The van der Waals surface area contributed by atoms with E-state index in [2.05, 4.69) is 24.6 Å². The van der Waals surface area contributed by atoms with Crippen LogP contribution < -0.4 is 14.8 Å². The Labute approximate surface area is 189 Å². The monoisotopic (exact) mass is 483 g/mol. The Morgan fingerprint density at radius 1 is 1.15 bits per heavy atom. The van der Waals surface area contributed by atoms with Crippen LogP contribution in [0, 0.1) is 18.6 Å². The normalized spacial score (nSPS) is 11.4. The molecule has 0 aliphatic rings. The minimum Gasteiger partial charge on any atom is -0.494 e. The second-order valence-corrected chi connectivity index (χ2v) is 8.67. The van der Waals surface area contributed by atoms with Gasteiger partial charge in [-0.2, -0.15) is 13.5 Å². The number of hydrogen-bond acceptors (Lipinski definition) is 9. The maximum absolute atomic E-state index is 14.3. The first kappa shape index (κ1) is 24.3. The number of nitrogens with one attached hydrogen (secondary N) is 1. The highest BCUT2D eigenvalue weighted by molar-refractivity contribution is 7.85. The van der Waals surface area contributed by atoms with Crippen LogP contribution in [0.15, 0.2) is 30.9 Å². The average molecular weight is 483 g/mol. The summed E-state index contributed by atoms with van der Waals surface area (Å²) in [5.74, 6) is -1.10. The molecule has 3 rings (SSSR count). The molecule has 13 heteroatoms. The van der Waals surface area contributed by atoms with Crippen molar-refractivity contribution in [3.05, 3.63) is 53.6 Å². The molecule has 3 aromatic rings. The van der Waals surface area contributed by atoms with Crippen LogP contribution in [0.4, 0.5) is 20.4 Å². The fraction of sp³-hybridized carbons (Fsp3) is 0.350. The number of benzene rings is 1. The van der Waals surface area contributed by atoms with Crippen LogP contribution in [0.5, 0.6) is 11.5 Å². The zero-order valence-electron chi connectivity index (χ0n) is 18.2. The van der Waals surface area contributed by atoms with Gasteiger partial charge < -0.3 is 14.8 Å². The van der Waals surface area contributed by atoms with Gasteiger partial charge in [-0.25, -0.2) is 18.7 Å². The molecular weight excluding hydrogens is 460 g/mol. The molecule has 2 heterocycles. The number of hydrogen-bond donors (Lipinski definition) is 1. The number of aryl methyl sites for hydroxylation is 2. The second-order valence-electron chi connectivity index (χ2n) is 7.03. The van der Waals surface area contributed by atoms with Gasteiger partial charge in [0.2, 0.25) is 5.95 Å². The van der Waals surface area contributed by atoms with Gasteiger partial charge in [0.1, 0.15) is 12.4 Å². The Balaban J connectivity index is 1.54. The molecule has 0 amide bonds. The Hall–Kier alpha value is -3.32. The van der Waals surface area contributed by atoms with E-state index in [9.17, 15) is 17.2 Å². The van der Waals surface area contributed by atoms with Crippen LogP contribution in [0.2, 0.25) is 0 Å². The van der Waals surface area contributed by atoms with Gasteiger partial charge in [-0.05, 0) is 25.0 Å². The van der Waals surface area contributed by atoms with Crippen molar-refractivity contribution in [1.82, 2.24) is 19.7 Å². The van der Waals surface area contributed by atoms with Crippen LogP contribution in [0.25, 0.3) is 0 Å². The molecule has 0 spiro atoms. The average Bonchev–Trinajstić information content (AvgIpc) is 3.21. The van der Waals surface area contributed by atoms with Crippen molar-refractivity contribution in [2.75, 3.05) is 25.3 Å². The fourth-order valence-corrected chi connectivity index (χ4v) is 3.23. The maximum atomic E-state index is 14.3. The van der Waals surface area contributed by atoms with Gasteiger partial charge in [-0.3, -0.25) is 8.86 Å². The molecular formula is C20H23F2N5O5S. The lowest BCUT2D eigenvalue weighted by molar-refractivity contribution is 0.285. The fourth-order valence-electron chi connectivity index (χ4n) is 2.81. The van der Waals surface area contributed by atoms with E-state index < -0.39 is 21.8 Å². The maximum Gasteiger partial charge on any atom is 0.264 e. The van der Waals surface area contributed by atoms with E-state index in [0.717, 1.165) is 6.26 Å². The Morgan fingerprint density at radius 3 is 2.55 bits per heavy atom. The van der Waals surface area contributed by atoms with Crippen molar-refractivity contribution >= 4 is 21.8 Å². The first-order chi connectivity index (χ1) is 15.7. The zero-order valence-corrected chi connectivity index (χ0v) is 19.0. The summed E-state index contributed by atoms with van der Waals surface area (Å²) in [5, 5.41) is 7.11. The standard InChI is InChI=1S/C20H23F2N5O5S/c1-13-7-17(30-2)19(22)16(18(13)21)12-31-15-9-23-20(24-10-15)26-14-8-25-27(11-14)5-4-6-32-33(3,28)29/h7-11H,4-6,12H2,1-3H3,(H,23,24,26). The molecule has 1 aromatic carbocycles. The quantitative estimate of drug-likeness (QED) is 0.324. The summed E-state index contributed by atoms with van der Waals surface area (Å²) in [4.78, 5) is 8.22. The smallest absolute Gasteiger partial charge is 0.264 e. The second kappa shape index (κ2) is 10.5. The van der Waals surface area contributed by atoms with Crippen LogP contribution in [0.1, 0.15) is 17.5 Å². The Bertz CT molecular complexity index is 1200. The topological polar surface area (TPSA) is 117 Å². The third-order valence-electron chi connectivity index (χ3n) is 4.39. The van der Waals surface area contributed by atoms with E-state index in [4.69, 9.17) is 9.47 Å². The minimum absolute atomic E-state index is 0.0632. The van der Waals surface area contributed by atoms with E-state index in [1.54, 1.807) is 17.1 Å². The first-order valence-corrected chi connectivity index (χ1v) is 11.6. The van der Waals surface area contributed by atoms with Gasteiger partial charge >= 0.3 is 0 Å². The number of ether oxygens (including phenoxy) is 2. The summed E-state index contributed by atoms with van der Waals surface area (Å²) in [6, 6.07) is 1.28. The summed E-state index contributed by atoms with van der Waals surface area (Å²) < 4.78 is 67.2. The molecule has 0 bridgehead atoms. The third kappa shape index (κ3) is 6.83. The van der Waals surface area contributed by atoms with E-state index in [-0.39, 0.29) is 41.8 Å². The summed E-state index contributed by atoms with van der Waals surface area (Å²) in [5.41, 5.74) is 0.609. The number of nitrogens with zero attached hydrogens (tertiary/aromatic N) is 4. The molecule has 0 radical (unpaired) electrons. The van der Waals surface area contributed by atoms with Crippen LogP contribution >= 0.6 is 0 Å². The number of aromatic nitrogens is 4. The first-order valence-electron chi connectivity index (χ1n) is 9.76. The number of anilines is 2. The summed E-state index contributed by atoms with van der Waals surface area (Å²) in [7, 11) is -2.16. The molecule has 33 heavy (non-hydrogen) atoms. The van der Waals surface area contributed by atoms with Gasteiger partial charge in [0.15, 0.2) is 17.3 Å². The van der Waals surface area contributed by atoms with E-state index >= 15 is 0 Å². The lowest BCUT2D eigenvalue weighted by Gasteiger charge is -2.12. The van der Waals surface area contributed by atoms with Crippen molar-refractivity contribution < 1.29 is 30.9 Å². The predicted octanol–water partition coefficient (Wildman–Crippen LogP) is 2.96. The van der Waals surface area contributed by atoms with Crippen LogP contribution in [-0.4, -0.2) is 48.1 Å². The van der Waals surface area contributed by atoms with Gasteiger partial charge in [0.05, 0.1) is 49.8 Å². The number of halogens is 2. The van der Waals surface area contributed by atoms with E-state index in [1.165, 1.54) is 32.5 Å². The molecule has 0 saturated heterocycles. The largest absolute Gasteiger partial charge is 0.494 e. The number of methoxy groups -OCH3 is 1. The summed E-state index contributed by atoms with van der Waals surface area (Å²) >= 11 is 0. The molecule has 0 fully saturated rings. The van der Waals surface area contributed by atoms with Gasteiger partial charge in [-0.1, -0.05) is 0 Å². The highest BCUT2D eigenvalue weighted by atomic mass is 32.2. The molecule has 1 N–H and O–H groups in total. The van der Waals surface area contributed by atoms with E-state index in [1.807, 2.05) is 0 Å². The van der Waals surface area contributed by atoms with Gasteiger partial charge in [-0.15, -0.1) is 0 Å². The van der Waals surface area contributed by atoms with Crippen molar-refractivity contribution in [3.8, 4) is 11.5 Å². The molecule has 2 aromatic heterocycles. The van der Waals surface area contributed by atoms with Crippen molar-refractivity contribution in [1.29, 1.82) is 0 Å². The SMILES string of the molecule is COc1cc(C)c(F)c(COc2cnc(Nc3cnn(CCCOS(C)(=O)=O)c3)nc2)c1F. The van der Waals surface area contributed by atoms with Crippen LogP contribution in [0.3, 0.4) is 0 Å². The van der Waals surface area contributed by atoms with E-state index in [0.29, 0.717) is 18.7 Å². The number of rotatable bonds is 11. The zero-order chi connectivity index (χ0) is 24.0. The molecule has 0 aliphatic heterocycles. The minimum atomic E-state index is -3.46. The molecule has 0 atom stereocenters. The van der Waals surface area contributed by atoms with Gasteiger partial charge in [0.25, 0.3) is 10.1 Å². The van der Waals surface area contributed by atoms with Gasteiger partial charge in [0, 0.05) is 12.7 Å². The summed E-state index contributed by atoms with van der Waals surface area (Å²) in [6.07, 6.45) is 7.45. The molecule has 0 unspecified atom stereocenters. The highest BCUT2D eigenvalue weighted by Gasteiger charge is 2.18. The summed E-state index contributed by atoms with van der Waals surface area (Å²) in [6.45, 7) is 1.68. The Morgan fingerprint density at radius 2 is 1.88 bits per heavy atom. The molecule has 10 nitrogen and oxygen atoms in total. The lowest BCUT2D eigenvalue weighted by Crippen LogP contribution is -2.07.